The standard InChI is InChI=1S/C10H12BrNO4/c11-9-2-1-8(16-9)10(14)12-3-4-15-6-7(12)5-13/h1-2,7,13H,3-6H2. The molecule has 0 aromatic carbocycles. The van der Waals surface area contributed by atoms with Crippen molar-refractivity contribution in [3.05, 3.63) is 22.6 Å². The van der Waals surface area contributed by atoms with Gasteiger partial charge in [0, 0.05) is 6.54 Å². The second kappa shape index (κ2) is 4.99. The number of aliphatic hydroxyl groups excluding tert-OH is 1. The Morgan fingerprint density at radius 3 is 3.06 bits per heavy atom. The smallest absolute Gasteiger partial charge is 0.290 e. The molecule has 1 N–H and O–H groups in total. The minimum atomic E-state index is -0.287. The SMILES string of the molecule is O=C(c1ccc(Br)o1)N1CCOCC1CO. The molecule has 1 saturated heterocycles. The van der Waals surface area contributed by atoms with E-state index < -0.39 is 0 Å². The maximum Gasteiger partial charge on any atom is 0.290 e. The fourth-order valence-electron chi connectivity index (χ4n) is 1.64. The van der Waals surface area contributed by atoms with Crippen molar-refractivity contribution in [1.82, 2.24) is 4.90 Å². The Balaban J connectivity index is 2.13. The van der Waals surface area contributed by atoms with E-state index in [0.717, 1.165) is 0 Å². The van der Waals surface area contributed by atoms with Crippen LogP contribution in [-0.4, -0.2) is 48.3 Å². The number of furan rings is 1. The summed E-state index contributed by atoms with van der Waals surface area (Å²) in [4.78, 5) is 13.6. The summed E-state index contributed by atoms with van der Waals surface area (Å²) in [5.74, 6) is 0.0558. The summed E-state index contributed by atoms with van der Waals surface area (Å²) in [6, 6.07) is 2.99. The normalized spacial score (nSPS) is 21.1. The lowest BCUT2D eigenvalue weighted by Crippen LogP contribution is -2.50. The molecule has 1 aromatic heterocycles. The van der Waals surface area contributed by atoms with Gasteiger partial charge in [0.1, 0.15) is 0 Å². The monoisotopic (exact) mass is 289 g/mol. The summed E-state index contributed by atoms with van der Waals surface area (Å²) < 4.78 is 10.9. The number of nitrogens with zero attached hydrogens (tertiary/aromatic N) is 1. The molecule has 5 nitrogen and oxygen atoms in total. The second-order valence-electron chi connectivity index (χ2n) is 3.51. The maximum atomic E-state index is 12.0. The van der Waals surface area contributed by atoms with Gasteiger partial charge in [0.25, 0.3) is 5.91 Å². The van der Waals surface area contributed by atoms with Crippen LogP contribution in [0.1, 0.15) is 10.6 Å². The van der Waals surface area contributed by atoms with E-state index in [-0.39, 0.29) is 24.3 Å². The number of morpholine rings is 1. The van der Waals surface area contributed by atoms with Gasteiger partial charge < -0.3 is 19.2 Å². The van der Waals surface area contributed by atoms with Crippen LogP contribution < -0.4 is 0 Å². The molecule has 1 amide bonds. The van der Waals surface area contributed by atoms with Gasteiger partial charge >= 0.3 is 0 Å². The minimum absolute atomic E-state index is 0.104. The van der Waals surface area contributed by atoms with E-state index in [4.69, 9.17) is 14.3 Å². The maximum absolute atomic E-state index is 12.0. The average molecular weight is 290 g/mol. The van der Waals surface area contributed by atoms with E-state index >= 15 is 0 Å². The van der Waals surface area contributed by atoms with Crippen LogP contribution in [0.2, 0.25) is 0 Å². The van der Waals surface area contributed by atoms with Crippen molar-refractivity contribution in [3.63, 3.8) is 0 Å². The third-order valence-electron chi connectivity index (χ3n) is 2.48. The number of hydrogen-bond acceptors (Lipinski definition) is 4. The van der Waals surface area contributed by atoms with Crippen LogP contribution in [-0.2, 0) is 4.74 Å². The van der Waals surface area contributed by atoms with E-state index in [0.29, 0.717) is 24.4 Å². The molecular weight excluding hydrogens is 278 g/mol. The first-order chi connectivity index (χ1) is 7.72. The van der Waals surface area contributed by atoms with Crippen LogP contribution in [0.3, 0.4) is 0 Å². The minimum Gasteiger partial charge on any atom is -0.444 e. The highest BCUT2D eigenvalue weighted by Crippen LogP contribution is 2.18. The molecule has 1 aromatic rings. The molecule has 1 fully saturated rings. The molecule has 0 spiro atoms. The Hall–Kier alpha value is -0.850. The highest BCUT2D eigenvalue weighted by atomic mass is 79.9. The van der Waals surface area contributed by atoms with Crippen LogP contribution >= 0.6 is 15.9 Å². The van der Waals surface area contributed by atoms with Crippen molar-refractivity contribution >= 4 is 21.8 Å². The number of hydrogen-bond donors (Lipinski definition) is 1. The van der Waals surface area contributed by atoms with E-state index in [2.05, 4.69) is 15.9 Å². The Morgan fingerprint density at radius 1 is 1.62 bits per heavy atom. The lowest BCUT2D eigenvalue weighted by Gasteiger charge is -2.33. The summed E-state index contributed by atoms with van der Waals surface area (Å²) in [6.07, 6.45) is 0. The van der Waals surface area contributed by atoms with Crippen molar-refractivity contribution < 1.29 is 19.1 Å². The molecule has 1 aliphatic heterocycles. The Morgan fingerprint density at radius 2 is 2.44 bits per heavy atom. The summed E-state index contributed by atoms with van der Waals surface area (Å²) in [5.41, 5.74) is 0. The molecule has 16 heavy (non-hydrogen) atoms. The molecule has 2 heterocycles. The number of halogens is 1. The van der Waals surface area contributed by atoms with E-state index in [1.807, 2.05) is 0 Å². The summed E-state index contributed by atoms with van der Waals surface area (Å²) >= 11 is 3.15. The molecule has 2 rings (SSSR count). The number of rotatable bonds is 2. The van der Waals surface area contributed by atoms with Crippen molar-refractivity contribution in [1.29, 1.82) is 0 Å². The predicted molar refractivity (Wildman–Crippen MR) is 59.1 cm³/mol. The molecule has 1 unspecified atom stereocenters. The first kappa shape index (κ1) is 11.6. The molecule has 1 aliphatic rings. The number of carbonyl (C=O) groups is 1. The third-order valence-corrected chi connectivity index (χ3v) is 2.91. The molecular formula is C10H12BrNO4. The third kappa shape index (κ3) is 2.28. The summed E-state index contributed by atoms with van der Waals surface area (Å²) in [5, 5.41) is 9.15. The summed E-state index contributed by atoms with van der Waals surface area (Å²) in [7, 11) is 0. The van der Waals surface area contributed by atoms with Crippen LogP contribution in [0.15, 0.2) is 21.2 Å². The number of ether oxygens (including phenoxy) is 1. The second-order valence-corrected chi connectivity index (χ2v) is 4.30. The van der Waals surface area contributed by atoms with Gasteiger partial charge in [-0.2, -0.15) is 0 Å². The number of amides is 1. The molecule has 6 heteroatoms. The van der Waals surface area contributed by atoms with Gasteiger partial charge in [-0.15, -0.1) is 0 Å². The highest BCUT2D eigenvalue weighted by molar-refractivity contribution is 9.10. The van der Waals surface area contributed by atoms with Gasteiger partial charge in [-0.1, -0.05) is 0 Å². The molecule has 0 aliphatic carbocycles. The van der Waals surface area contributed by atoms with Crippen molar-refractivity contribution in [2.45, 2.75) is 6.04 Å². The lowest BCUT2D eigenvalue weighted by atomic mass is 10.2. The zero-order valence-electron chi connectivity index (χ0n) is 8.56. The fourth-order valence-corrected chi connectivity index (χ4v) is 1.95. The first-order valence-electron chi connectivity index (χ1n) is 4.97. The Bertz CT molecular complexity index is 379. The van der Waals surface area contributed by atoms with Crippen LogP contribution in [0.25, 0.3) is 0 Å². The van der Waals surface area contributed by atoms with Gasteiger partial charge in [-0.25, -0.2) is 0 Å². The largest absolute Gasteiger partial charge is 0.444 e. The van der Waals surface area contributed by atoms with E-state index in [9.17, 15) is 4.79 Å². The van der Waals surface area contributed by atoms with Crippen molar-refractivity contribution in [2.24, 2.45) is 0 Å². The molecule has 88 valence electrons. The van der Waals surface area contributed by atoms with E-state index in [1.54, 1.807) is 17.0 Å². The first-order valence-corrected chi connectivity index (χ1v) is 5.76. The van der Waals surface area contributed by atoms with E-state index in [1.165, 1.54) is 0 Å². The van der Waals surface area contributed by atoms with Crippen LogP contribution in [0.4, 0.5) is 0 Å². The topological polar surface area (TPSA) is 62.9 Å². The van der Waals surface area contributed by atoms with Crippen LogP contribution in [0, 0.1) is 0 Å². The number of aliphatic hydroxyl groups is 1. The molecule has 1 atom stereocenters. The molecule has 0 radical (unpaired) electrons. The van der Waals surface area contributed by atoms with Gasteiger partial charge in [-0.3, -0.25) is 4.79 Å². The zero-order chi connectivity index (χ0) is 11.5. The van der Waals surface area contributed by atoms with Crippen molar-refractivity contribution in [3.8, 4) is 0 Å². The van der Waals surface area contributed by atoms with Gasteiger partial charge in [0.15, 0.2) is 10.4 Å². The van der Waals surface area contributed by atoms with Crippen LogP contribution in [0.5, 0.6) is 0 Å². The Kier molecular flexibility index (Phi) is 3.63. The lowest BCUT2D eigenvalue weighted by molar-refractivity contribution is -0.0197. The van der Waals surface area contributed by atoms with Crippen molar-refractivity contribution in [2.75, 3.05) is 26.4 Å². The number of carbonyl (C=O) groups excluding carboxylic acids is 1. The quantitative estimate of drug-likeness (QED) is 0.878. The zero-order valence-corrected chi connectivity index (χ0v) is 10.1. The van der Waals surface area contributed by atoms with Gasteiger partial charge in [-0.05, 0) is 28.1 Å². The highest BCUT2D eigenvalue weighted by Gasteiger charge is 2.29. The van der Waals surface area contributed by atoms with Gasteiger partial charge in [0.05, 0.1) is 25.9 Å². The molecule has 0 saturated carbocycles. The molecule has 0 bridgehead atoms. The summed E-state index contributed by atoms with van der Waals surface area (Å²) in [6.45, 7) is 1.23. The predicted octanol–water partition coefficient (Wildman–Crippen LogP) is 0.875. The Labute approximate surface area is 101 Å². The fraction of sp³-hybridized carbons (Fsp3) is 0.500. The average Bonchev–Trinajstić information content (AvgIpc) is 2.75. The van der Waals surface area contributed by atoms with Gasteiger partial charge in [0.2, 0.25) is 0 Å².